The van der Waals surface area contributed by atoms with Gasteiger partial charge in [-0.2, -0.15) is 5.10 Å². The summed E-state index contributed by atoms with van der Waals surface area (Å²) in [6.45, 7) is 5.68. The number of nitrogens with one attached hydrogen (secondary N) is 2. The Labute approximate surface area is 140 Å². The van der Waals surface area contributed by atoms with Crippen molar-refractivity contribution in [2.75, 3.05) is 4.72 Å². The molecule has 0 bridgehead atoms. The molecule has 2 N–H and O–H groups in total. The van der Waals surface area contributed by atoms with Gasteiger partial charge in [0, 0.05) is 5.39 Å². The summed E-state index contributed by atoms with van der Waals surface area (Å²) in [5.74, 6) is 0.683. The molecule has 0 saturated heterocycles. The zero-order valence-electron chi connectivity index (χ0n) is 13.7. The van der Waals surface area contributed by atoms with Crippen molar-refractivity contribution in [3.8, 4) is 5.75 Å². The lowest BCUT2D eigenvalue weighted by Crippen LogP contribution is -2.13. The van der Waals surface area contributed by atoms with Crippen LogP contribution >= 0.6 is 0 Å². The van der Waals surface area contributed by atoms with Crippen molar-refractivity contribution in [3.05, 3.63) is 48.2 Å². The lowest BCUT2D eigenvalue weighted by atomic mass is 10.2. The molecule has 0 spiro atoms. The minimum atomic E-state index is -3.67. The van der Waals surface area contributed by atoms with Crippen LogP contribution in [0.4, 0.5) is 5.69 Å². The van der Waals surface area contributed by atoms with Crippen molar-refractivity contribution in [3.63, 3.8) is 0 Å². The number of aromatic amines is 1. The quantitative estimate of drug-likeness (QED) is 0.742. The third-order valence-electron chi connectivity index (χ3n) is 3.51. The molecule has 0 aliphatic rings. The third-order valence-corrected chi connectivity index (χ3v) is 4.89. The first kappa shape index (κ1) is 16.3. The number of sulfonamides is 1. The van der Waals surface area contributed by atoms with E-state index in [4.69, 9.17) is 4.74 Å². The van der Waals surface area contributed by atoms with Crippen molar-refractivity contribution >= 4 is 26.6 Å². The number of benzene rings is 2. The normalized spacial score (nSPS) is 11.8. The predicted octanol–water partition coefficient (Wildman–Crippen LogP) is 3.46. The van der Waals surface area contributed by atoms with Crippen molar-refractivity contribution in [1.29, 1.82) is 0 Å². The Morgan fingerprint density at radius 1 is 1.17 bits per heavy atom. The van der Waals surface area contributed by atoms with E-state index >= 15 is 0 Å². The highest BCUT2D eigenvalue weighted by molar-refractivity contribution is 7.92. The molecule has 1 heterocycles. The summed E-state index contributed by atoms with van der Waals surface area (Å²) in [6, 6.07) is 10.1. The Bertz CT molecular complexity index is 978. The molecule has 126 valence electrons. The molecule has 0 unspecified atom stereocenters. The summed E-state index contributed by atoms with van der Waals surface area (Å²) in [4.78, 5) is 0.195. The summed E-state index contributed by atoms with van der Waals surface area (Å²) in [5.41, 5.74) is 2.02. The number of fused-ring (bicyclic) bond motifs is 1. The van der Waals surface area contributed by atoms with E-state index in [1.807, 2.05) is 26.8 Å². The predicted molar refractivity (Wildman–Crippen MR) is 93.8 cm³/mol. The molecular formula is C17H19N3O3S. The van der Waals surface area contributed by atoms with Crippen molar-refractivity contribution in [2.24, 2.45) is 0 Å². The maximum absolute atomic E-state index is 12.6. The van der Waals surface area contributed by atoms with Gasteiger partial charge in [0.25, 0.3) is 10.0 Å². The SMILES string of the molecule is Cc1cc(S(=O)(=O)Nc2ccc3cn[nH]c3c2)ccc1OC(C)C. The average Bonchev–Trinajstić information content (AvgIpc) is 2.96. The zero-order chi connectivity index (χ0) is 17.3. The molecule has 2 aromatic carbocycles. The van der Waals surface area contributed by atoms with E-state index in [2.05, 4.69) is 14.9 Å². The minimum absolute atomic E-state index is 0.0328. The number of aromatic nitrogens is 2. The molecule has 6 nitrogen and oxygen atoms in total. The number of hydrogen-bond acceptors (Lipinski definition) is 4. The van der Waals surface area contributed by atoms with Crippen LogP contribution in [0, 0.1) is 6.92 Å². The molecule has 0 amide bonds. The van der Waals surface area contributed by atoms with Crippen molar-refractivity contribution < 1.29 is 13.2 Å². The minimum Gasteiger partial charge on any atom is -0.491 e. The molecule has 0 aliphatic carbocycles. The summed E-state index contributed by atoms with van der Waals surface area (Å²) < 4.78 is 33.4. The first-order chi connectivity index (χ1) is 11.3. The second-order valence-corrected chi connectivity index (χ2v) is 7.55. The van der Waals surface area contributed by atoms with Gasteiger partial charge in [-0.25, -0.2) is 8.42 Å². The number of ether oxygens (including phenoxy) is 1. The van der Waals surface area contributed by atoms with Gasteiger partial charge in [-0.1, -0.05) is 0 Å². The standard InChI is InChI=1S/C17H19N3O3S/c1-11(2)23-17-7-6-15(8-12(17)3)24(21,22)20-14-5-4-13-10-18-19-16(13)9-14/h4-11,20H,1-3H3,(H,18,19). The van der Waals surface area contributed by atoms with Crippen LogP contribution in [0.5, 0.6) is 5.75 Å². The van der Waals surface area contributed by atoms with Gasteiger partial charge in [-0.3, -0.25) is 9.82 Å². The Morgan fingerprint density at radius 2 is 1.96 bits per heavy atom. The van der Waals surface area contributed by atoms with Crippen LogP contribution in [0.2, 0.25) is 0 Å². The molecule has 3 rings (SSSR count). The van der Waals surface area contributed by atoms with Crippen molar-refractivity contribution in [2.45, 2.75) is 31.8 Å². The van der Waals surface area contributed by atoms with Gasteiger partial charge in [0.1, 0.15) is 5.75 Å². The molecule has 3 aromatic rings. The highest BCUT2D eigenvalue weighted by Crippen LogP contribution is 2.25. The molecule has 0 fully saturated rings. The fourth-order valence-corrected chi connectivity index (χ4v) is 3.52. The molecule has 24 heavy (non-hydrogen) atoms. The van der Waals surface area contributed by atoms with Gasteiger partial charge in [0.15, 0.2) is 0 Å². The maximum atomic E-state index is 12.6. The third kappa shape index (κ3) is 3.35. The lowest BCUT2D eigenvalue weighted by molar-refractivity contribution is 0.240. The molecular weight excluding hydrogens is 326 g/mol. The smallest absolute Gasteiger partial charge is 0.261 e. The van der Waals surface area contributed by atoms with Crippen LogP contribution in [0.3, 0.4) is 0 Å². The van der Waals surface area contributed by atoms with Crippen LogP contribution in [0.1, 0.15) is 19.4 Å². The summed E-state index contributed by atoms with van der Waals surface area (Å²) in [6.07, 6.45) is 1.72. The molecule has 0 radical (unpaired) electrons. The number of rotatable bonds is 5. The number of anilines is 1. The van der Waals surface area contributed by atoms with Crippen LogP contribution in [0.25, 0.3) is 10.9 Å². The van der Waals surface area contributed by atoms with Gasteiger partial charge < -0.3 is 4.74 Å². The fraction of sp³-hybridized carbons (Fsp3) is 0.235. The largest absolute Gasteiger partial charge is 0.491 e. The second kappa shape index (κ2) is 6.16. The highest BCUT2D eigenvalue weighted by Gasteiger charge is 2.16. The van der Waals surface area contributed by atoms with Crippen LogP contribution in [-0.2, 0) is 10.0 Å². The molecule has 7 heteroatoms. The average molecular weight is 345 g/mol. The second-order valence-electron chi connectivity index (χ2n) is 5.87. The molecule has 0 atom stereocenters. The number of aryl methyl sites for hydroxylation is 1. The number of hydrogen-bond donors (Lipinski definition) is 2. The van der Waals surface area contributed by atoms with Gasteiger partial charge in [0.05, 0.1) is 28.4 Å². The van der Waals surface area contributed by atoms with Crippen LogP contribution in [-0.4, -0.2) is 24.7 Å². The van der Waals surface area contributed by atoms with E-state index in [1.54, 1.807) is 36.5 Å². The highest BCUT2D eigenvalue weighted by atomic mass is 32.2. The lowest BCUT2D eigenvalue weighted by Gasteiger charge is -2.14. The maximum Gasteiger partial charge on any atom is 0.261 e. The molecule has 0 saturated carbocycles. The first-order valence-electron chi connectivity index (χ1n) is 7.58. The summed E-state index contributed by atoms with van der Waals surface area (Å²) in [5, 5.41) is 7.66. The number of nitrogens with zero attached hydrogens (tertiary/aromatic N) is 1. The van der Waals surface area contributed by atoms with E-state index in [-0.39, 0.29) is 11.0 Å². The topological polar surface area (TPSA) is 84.1 Å². The Morgan fingerprint density at radius 3 is 2.67 bits per heavy atom. The molecule has 1 aromatic heterocycles. The summed E-state index contributed by atoms with van der Waals surface area (Å²) >= 11 is 0. The van der Waals surface area contributed by atoms with Gasteiger partial charge in [0.2, 0.25) is 0 Å². The van der Waals surface area contributed by atoms with E-state index in [9.17, 15) is 8.42 Å². The molecule has 0 aliphatic heterocycles. The Hall–Kier alpha value is -2.54. The monoisotopic (exact) mass is 345 g/mol. The van der Waals surface area contributed by atoms with E-state index in [1.165, 1.54) is 0 Å². The van der Waals surface area contributed by atoms with Gasteiger partial charge in [-0.05, 0) is 62.7 Å². The van der Waals surface area contributed by atoms with E-state index in [0.717, 1.165) is 16.5 Å². The van der Waals surface area contributed by atoms with Crippen LogP contribution < -0.4 is 9.46 Å². The summed E-state index contributed by atoms with van der Waals surface area (Å²) in [7, 11) is -3.67. The Balaban J connectivity index is 1.88. The van der Waals surface area contributed by atoms with Gasteiger partial charge in [-0.15, -0.1) is 0 Å². The Kier molecular flexibility index (Phi) is 4.19. The first-order valence-corrected chi connectivity index (χ1v) is 9.07. The number of H-pyrrole nitrogens is 1. The van der Waals surface area contributed by atoms with Crippen molar-refractivity contribution in [1.82, 2.24) is 10.2 Å². The van der Waals surface area contributed by atoms with Gasteiger partial charge >= 0.3 is 0 Å². The zero-order valence-corrected chi connectivity index (χ0v) is 14.5. The fourth-order valence-electron chi connectivity index (χ4n) is 2.39. The van der Waals surface area contributed by atoms with Crippen LogP contribution in [0.15, 0.2) is 47.5 Å². The van der Waals surface area contributed by atoms with E-state index < -0.39 is 10.0 Å². The van der Waals surface area contributed by atoms with E-state index in [0.29, 0.717) is 11.4 Å².